The summed E-state index contributed by atoms with van der Waals surface area (Å²) in [5.74, 6) is 1.07. The van der Waals surface area contributed by atoms with Gasteiger partial charge in [0.1, 0.15) is 34.4 Å². The summed E-state index contributed by atoms with van der Waals surface area (Å²) < 4.78 is 36.6. The molecule has 0 aliphatic rings. The van der Waals surface area contributed by atoms with E-state index >= 15 is 0 Å². The summed E-state index contributed by atoms with van der Waals surface area (Å²) in [6.07, 6.45) is 1.70. The van der Waals surface area contributed by atoms with Crippen molar-refractivity contribution in [3.63, 3.8) is 0 Å². The fourth-order valence-corrected chi connectivity index (χ4v) is 3.72. The minimum Gasteiger partial charge on any atom is -0.504 e. The summed E-state index contributed by atoms with van der Waals surface area (Å²) in [5, 5.41) is 20.4. The lowest BCUT2D eigenvalue weighted by Crippen LogP contribution is -2.41. The van der Waals surface area contributed by atoms with Crippen molar-refractivity contribution in [2.24, 2.45) is 0 Å². The van der Waals surface area contributed by atoms with Crippen LogP contribution < -0.4 is 20.4 Å². The van der Waals surface area contributed by atoms with Crippen LogP contribution in [0.1, 0.15) is 31.1 Å². The zero-order valence-corrected chi connectivity index (χ0v) is 18.7. The Labute approximate surface area is 180 Å². The van der Waals surface area contributed by atoms with E-state index in [9.17, 15) is 13.5 Å². The van der Waals surface area contributed by atoms with E-state index in [1.54, 1.807) is 6.26 Å². The van der Waals surface area contributed by atoms with Gasteiger partial charge in [0, 0.05) is 14.1 Å². The van der Waals surface area contributed by atoms with Crippen LogP contribution >= 0.6 is 0 Å². The zero-order valence-electron chi connectivity index (χ0n) is 17.9. The molecule has 0 amide bonds. The predicted octanol–water partition coefficient (Wildman–Crippen LogP) is 2.05. The van der Waals surface area contributed by atoms with E-state index in [2.05, 4.69) is 29.6 Å². The number of aromatic nitrogens is 2. The first-order valence-electron chi connectivity index (χ1n) is 9.44. The first-order chi connectivity index (χ1) is 14.6. The molecule has 31 heavy (non-hydrogen) atoms. The van der Waals surface area contributed by atoms with Gasteiger partial charge in [-0.3, -0.25) is 5.32 Å². The van der Waals surface area contributed by atoms with E-state index in [0.717, 1.165) is 14.8 Å². The number of hydrogen-bond donors (Lipinski definition) is 3. The lowest BCUT2D eigenvalue weighted by Gasteiger charge is -2.14. The first kappa shape index (κ1) is 22.4. The van der Waals surface area contributed by atoms with Gasteiger partial charge < -0.3 is 19.7 Å². The highest BCUT2D eigenvalue weighted by atomic mass is 32.2. The second-order valence-corrected chi connectivity index (χ2v) is 9.35. The van der Waals surface area contributed by atoms with E-state index < -0.39 is 15.8 Å². The topological polar surface area (TPSA) is 134 Å². The van der Waals surface area contributed by atoms with Gasteiger partial charge in [0.15, 0.2) is 5.75 Å². The summed E-state index contributed by atoms with van der Waals surface area (Å²) in [6.45, 7) is 4.45. The summed E-state index contributed by atoms with van der Waals surface area (Å²) in [6, 6.07) is 6.28. The van der Waals surface area contributed by atoms with Crippen LogP contribution in [-0.2, 0) is 16.6 Å². The molecule has 168 valence electrons. The number of para-hydroxylation sites is 1. The number of anilines is 3. The average Bonchev–Trinajstić information content (AvgIpc) is 3.34. The normalized spacial score (nSPS) is 11.8. The Balaban J connectivity index is 1.87. The minimum absolute atomic E-state index is 0.127. The van der Waals surface area contributed by atoms with Gasteiger partial charge in [0.25, 0.3) is 0 Å². The third-order valence-electron chi connectivity index (χ3n) is 4.56. The Morgan fingerprint density at radius 1 is 1.32 bits per heavy atom. The molecule has 0 radical (unpaired) electrons. The van der Waals surface area contributed by atoms with Crippen LogP contribution in [0.2, 0.25) is 0 Å². The maximum atomic E-state index is 12.4. The quantitative estimate of drug-likeness (QED) is 0.417. The van der Waals surface area contributed by atoms with Gasteiger partial charge in [-0.15, -0.1) is 0 Å². The van der Waals surface area contributed by atoms with Gasteiger partial charge in [-0.1, -0.05) is 24.5 Å². The molecule has 0 aliphatic heterocycles. The highest BCUT2D eigenvalue weighted by Crippen LogP contribution is 2.34. The van der Waals surface area contributed by atoms with E-state index in [1.165, 1.54) is 39.4 Å². The third-order valence-corrected chi connectivity index (χ3v) is 6.41. The Morgan fingerprint density at radius 3 is 2.68 bits per heavy atom. The van der Waals surface area contributed by atoms with Crippen LogP contribution in [0.3, 0.4) is 0 Å². The monoisotopic (exact) mass is 452 g/mol. The maximum Gasteiger partial charge on any atom is 0.366 e. The Morgan fingerprint density at radius 2 is 2.06 bits per heavy atom. The van der Waals surface area contributed by atoms with Crippen molar-refractivity contribution in [3.8, 4) is 5.75 Å². The van der Waals surface area contributed by atoms with Crippen LogP contribution in [0.5, 0.6) is 5.75 Å². The van der Waals surface area contributed by atoms with Crippen molar-refractivity contribution in [1.29, 1.82) is 0 Å². The number of nitrogens with one attached hydrogen (secondary N) is 2. The molecular weight excluding hydrogens is 426 g/mol. The number of furan rings is 1. The molecule has 3 aromatic rings. The molecule has 0 aliphatic carbocycles. The molecule has 0 saturated carbocycles. The molecule has 3 N–H and O–H groups in total. The van der Waals surface area contributed by atoms with Crippen molar-refractivity contribution in [2.75, 3.05) is 31.8 Å². The number of hydrogen-bond acceptors (Lipinski definition) is 9. The van der Waals surface area contributed by atoms with Gasteiger partial charge >= 0.3 is 11.6 Å². The van der Waals surface area contributed by atoms with Crippen LogP contribution in [0.25, 0.3) is 0 Å². The van der Waals surface area contributed by atoms with Gasteiger partial charge in [-0.25, -0.2) is 12.7 Å². The lowest BCUT2D eigenvalue weighted by molar-refractivity contribution is -1.01. The number of benzene rings is 1. The van der Waals surface area contributed by atoms with Gasteiger partial charge in [-0.2, -0.15) is 0 Å². The fraction of sp³-hybridized carbons (Fsp3) is 0.368. The number of rotatable bonds is 9. The van der Waals surface area contributed by atoms with Crippen LogP contribution in [0, 0.1) is 0 Å². The second-order valence-electron chi connectivity index (χ2n) is 7.23. The summed E-state index contributed by atoms with van der Waals surface area (Å²) in [7, 11) is 0.322. The smallest absolute Gasteiger partial charge is 0.366 e. The number of nitrogens with zero attached hydrogens (tertiary/aromatic N) is 3. The molecule has 0 unspecified atom stereocenters. The molecule has 0 fully saturated rings. The molecule has 0 atom stereocenters. The van der Waals surface area contributed by atoms with E-state index in [4.69, 9.17) is 13.9 Å². The van der Waals surface area contributed by atoms with Crippen molar-refractivity contribution in [1.82, 2.24) is 9.46 Å². The number of phenols is 1. The highest BCUT2D eigenvalue weighted by molar-refractivity contribution is 7.89. The number of aromatic hydroxyl groups is 1. The highest BCUT2D eigenvalue weighted by Gasteiger charge is 2.28. The predicted molar refractivity (Wildman–Crippen MR) is 112 cm³/mol. The molecule has 0 spiro atoms. The lowest BCUT2D eigenvalue weighted by atomic mass is 10.1. The van der Waals surface area contributed by atoms with Crippen LogP contribution in [-0.4, -0.2) is 44.2 Å². The summed E-state index contributed by atoms with van der Waals surface area (Å²) >= 11 is 0. The van der Waals surface area contributed by atoms with E-state index in [1.807, 2.05) is 6.07 Å². The van der Waals surface area contributed by atoms with Gasteiger partial charge in [-0.05, 0) is 29.7 Å². The molecule has 11 nitrogen and oxygen atoms in total. The van der Waals surface area contributed by atoms with Gasteiger partial charge in [0.05, 0.1) is 12.0 Å². The Bertz CT molecular complexity index is 1150. The first-order valence-corrected chi connectivity index (χ1v) is 10.9. The molecule has 2 aromatic heterocycles. The summed E-state index contributed by atoms with van der Waals surface area (Å²) in [5.41, 5.74) is 1.20. The summed E-state index contributed by atoms with van der Waals surface area (Å²) in [4.78, 5) is 5.92. The molecule has 1 aromatic carbocycles. The molecule has 0 bridgehead atoms. The fourth-order valence-electron chi connectivity index (χ4n) is 2.72. The standard InChI is InChI=1S/C19H25N5O6S/c1-12(2)13-9-14(29-11-13)10-20-19-18(22-30-24(19)28-5)21-15-7-6-8-16(17(15)25)31(26,27)23(3)4/h6-9,11-12H,10H2,1-5H3,(H2,20,21,22,25)/p+1. The zero-order chi connectivity index (χ0) is 22.8. The maximum absolute atomic E-state index is 12.4. The minimum atomic E-state index is -3.84. The number of phenolic OH excluding ortho intramolecular Hbond substituents is 1. The van der Waals surface area contributed by atoms with Crippen molar-refractivity contribution < 1.29 is 32.3 Å². The van der Waals surface area contributed by atoms with E-state index in [-0.39, 0.29) is 16.4 Å². The third kappa shape index (κ3) is 4.59. The van der Waals surface area contributed by atoms with Crippen molar-refractivity contribution >= 4 is 27.3 Å². The second kappa shape index (κ2) is 8.86. The molecular formula is C19H26N5O6S+. The SMILES string of the molecule is CO[n+]1onc(Nc2cccc(S(=O)(=O)N(C)C)c2O)c1NCc1cc(C(C)C)co1. The van der Waals surface area contributed by atoms with Gasteiger partial charge in [0.2, 0.25) is 10.0 Å². The van der Waals surface area contributed by atoms with E-state index in [0.29, 0.717) is 24.0 Å². The van der Waals surface area contributed by atoms with Crippen molar-refractivity contribution in [3.05, 3.63) is 41.9 Å². The molecule has 0 saturated heterocycles. The average molecular weight is 453 g/mol. The Kier molecular flexibility index (Phi) is 6.41. The van der Waals surface area contributed by atoms with Crippen molar-refractivity contribution in [2.45, 2.75) is 31.2 Å². The van der Waals surface area contributed by atoms with Crippen LogP contribution in [0.4, 0.5) is 17.3 Å². The molecule has 2 heterocycles. The largest absolute Gasteiger partial charge is 0.504 e. The molecule has 3 rings (SSSR count). The molecule has 12 heteroatoms. The Hall–Kier alpha value is -3.25. The van der Waals surface area contributed by atoms with Crippen LogP contribution in [0.15, 0.2) is 44.5 Å². The number of sulfonamides is 1.